The molecular formula is C22H25BrN6O. The summed E-state index contributed by atoms with van der Waals surface area (Å²) in [5, 5.41) is 7.72. The van der Waals surface area contributed by atoms with Crippen LogP contribution in [0.15, 0.2) is 41.4 Å². The van der Waals surface area contributed by atoms with E-state index in [1.165, 1.54) is 19.3 Å². The van der Waals surface area contributed by atoms with E-state index in [0.29, 0.717) is 11.6 Å². The van der Waals surface area contributed by atoms with Crippen molar-refractivity contribution in [2.45, 2.75) is 31.7 Å². The van der Waals surface area contributed by atoms with Crippen molar-refractivity contribution in [2.75, 3.05) is 29.9 Å². The molecule has 2 fully saturated rings. The highest BCUT2D eigenvalue weighted by Gasteiger charge is 2.27. The van der Waals surface area contributed by atoms with E-state index < -0.39 is 0 Å². The first-order chi connectivity index (χ1) is 14.7. The molecule has 1 aliphatic carbocycles. The monoisotopic (exact) mass is 468 g/mol. The first-order valence-corrected chi connectivity index (χ1v) is 11.3. The third-order valence-electron chi connectivity index (χ3n) is 5.93. The molecule has 1 saturated carbocycles. The van der Waals surface area contributed by atoms with E-state index in [9.17, 15) is 4.79 Å². The summed E-state index contributed by atoms with van der Waals surface area (Å²) in [6.07, 6.45) is 11.9. The first-order valence-electron chi connectivity index (χ1n) is 10.5. The highest BCUT2D eigenvalue weighted by atomic mass is 79.9. The first kappa shape index (κ1) is 19.5. The number of hydrogen-bond donors (Lipinski definition) is 3. The van der Waals surface area contributed by atoms with Crippen molar-refractivity contribution in [3.8, 4) is 0 Å². The SMILES string of the molecule is O=C(Nc1c[nH]c2ncc(Br)c(N3CCC[C@@H](NCC4CC4)C3)c12)c1cccnc1. The molecule has 30 heavy (non-hydrogen) atoms. The molecule has 7 nitrogen and oxygen atoms in total. The third-order valence-corrected chi connectivity index (χ3v) is 6.51. The molecule has 0 spiro atoms. The maximum atomic E-state index is 12.7. The molecule has 3 N–H and O–H groups in total. The number of piperidine rings is 1. The molecule has 0 aromatic carbocycles. The number of H-pyrrole nitrogens is 1. The molecule has 1 amide bonds. The Kier molecular flexibility index (Phi) is 5.43. The van der Waals surface area contributed by atoms with Gasteiger partial charge in [0.2, 0.25) is 0 Å². The molecule has 156 valence electrons. The number of halogens is 1. The summed E-state index contributed by atoms with van der Waals surface area (Å²) in [6.45, 7) is 3.06. The van der Waals surface area contributed by atoms with Crippen molar-refractivity contribution in [2.24, 2.45) is 5.92 Å². The lowest BCUT2D eigenvalue weighted by Crippen LogP contribution is -2.46. The van der Waals surface area contributed by atoms with Gasteiger partial charge in [-0.3, -0.25) is 9.78 Å². The topological polar surface area (TPSA) is 85.9 Å². The lowest BCUT2D eigenvalue weighted by atomic mass is 10.0. The average Bonchev–Trinajstić information content (AvgIpc) is 3.53. The summed E-state index contributed by atoms with van der Waals surface area (Å²) in [5.41, 5.74) is 3.11. The second kappa shape index (κ2) is 8.35. The fourth-order valence-electron chi connectivity index (χ4n) is 4.16. The Bertz CT molecular complexity index is 1050. The summed E-state index contributed by atoms with van der Waals surface area (Å²) in [5.74, 6) is 0.691. The van der Waals surface area contributed by atoms with Gasteiger partial charge in [-0.2, -0.15) is 0 Å². The number of hydrogen-bond acceptors (Lipinski definition) is 5. The normalized spacial score (nSPS) is 19.2. The van der Waals surface area contributed by atoms with Crippen LogP contribution in [0.1, 0.15) is 36.0 Å². The molecular weight excluding hydrogens is 444 g/mol. The predicted molar refractivity (Wildman–Crippen MR) is 122 cm³/mol. The maximum Gasteiger partial charge on any atom is 0.257 e. The van der Waals surface area contributed by atoms with Crippen molar-refractivity contribution in [3.63, 3.8) is 0 Å². The molecule has 2 aliphatic rings. The van der Waals surface area contributed by atoms with Crippen LogP contribution < -0.4 is 15.5 Å². The third kappa shape index (κ3) is 4.06. The summed E-state index contributed by atoms with van der Waals surface area (Å²) in [6, 6.07) is 4.00. The average molecular weight is 469 g/mol. The number of pyridine rings is 2. The van der Waals surface area contributed by atoms with Crippen molar-refractivity contribution in [1.82, 2.24) is 20.3 Å². The van der Waals surface area contributed by atoms with Gasteiger partial charge < -0.3 is 20.5 Å². The second-order valence-electron chi connectivity index (χ2n) is 8.21. The van der Waals surface area contributed by atoms with Crippen LogP contribution in [0, 0.1) is 5.92 Å². The van der Waals surface area contributed by atoms with Crippen LogP contribution in [0.3, 0.4) is 0 Å². The van der Waals surface area contributed by atoms with E-state index in [-0.39, 0.29) is 5.91 Å². The van der Waals surface area contributed by atoms with Crippen LogP contribution in [-0.2, 0) is 0 Å². The molecule has 0 bridgehead atoms. The number of anilines is 2. The van der Waals surface area contributed by atoms with Gasteiger partial charge in [-0.15, -0.1) is 0 Å². The Labute approximate surface area is 183 Å². The van der Waals surface area contributed by atoms with Gasteiger partial charge in [0.05, 0.1) is 26.8 Å². The van der Waals surface area contributed by atoms with E-state index in [1.807, 2.05) is 12.4 Å². The van der Waals surface area contributed by atoms with Crippen LogP contribution in [0.5, 0.6) is 0 Å². The number of nitrogens with zero attached hydrogens (tertiary/aromatic N) is 3. The Hall–Kier alpha value is -2.45. The van der Waals surface area contributed by atoms with E-state index in [0.717, 1.165) is 58.9 Å². The number of aromatic amines is 1. The van der Waals surface area contributed by atoms with Gasteiger partial charge >= 0.3 is 0 Å². The molecule has 1 saturated heterocycles. The van der Waals surface area contributed by atoms with Gasteiger partial charge in [-0.25, -0.2) is 4.98 Å². The summed E-state index contributed by atoms with van der Waals surface area (Å²) in [7, 11) is 0. The molecule has 0 unspecified atom stereocenters. The van der Waals surface area contributed by atoms with Gasteiger partial charge in [0.1, 0.15) is 5.65 Å². The number of fused-ring (bicyclic) bond motifs is 1. The Morgan fingerprint density at radius 2 is 2.20 bits per heavy atom. The lowest BCUT2D eigenvalue weighted by Gasteiger charge is -2.36. The molecule has 5 rings (SSSR count). The summed E-state index contributed by atoms with van der Waals surface area (Å²) < 4.78 is 0.939. The van der Waals surface area contributed by atoms with E-state index >= 15 is 0 Å². The van der Waals surface area contributed by atoms with E-state index in [4.69, 9.17) is 0 Å². The van der Waals surface area contributed by atoms with E-state index in [1.54, 1.807) is 24.5 Å². The zero-order valence-corrected chi connectivity index (χ0v) is 18.3. The molecule has 3 aromatic rings. The van der Waals surface area contributed by atoms with Crippen LogP contribution in [0.4, 0.5) is 11.4 Å². The van der Waals surface area contributed by atoms with E-state index in [2.05, 4.69) is 46.4 Å². The van der Waals surface area contributed by atoms with Crippen molar-refractivity contribution in [3.05, 3.63) is 47.0 Å². The largest absolute Gasteiger partial charge is 0.368 e. The minimum atomic E-state index is -0.183. The number of aromatic nitrogens is 3. The van der Waals surface area contributed by atoms with Crippen molar-refractivity contribution < 1.29 is 4.79 Å². The lowest BCUT2D eigenvalue weighted by molar-refractivity contribution is 0.102. The minimum absolute atomic E-state index is 0.183. The molecule has 8 heteroatoms. The Balaban J connectivity index is 1.43. The summed E-state index contributed by atoms with van der Waals surface area (Å²) >= 11 is 3.71. The van der Waals surface area contributed by atoms with Crippen LogP contribution in [0.25, 0.3) is 11.0 Å². The Morgan fingerprint density at radius 1 is 1.30 bits per heavy atom. The highest BCUT2D eigenvalue weighted by Crippen LogP contribution is 2.39. The molecule has 4 heterocycles. The quantitative estimate of drug-likeness (QED) is 0.509. The van der Waals surface area contributed by atoms with Crippen molar-refractivity contribution in [1.29, 1.82) is 0 Å². The van der Waals surface area contributed by atoms with Gasteiger partial charge in [-0.1, -0.05) is 0 Å². The van der Waals surface area contributed by atoms with Crippen LogP contribution in [0.2, 0.25) is 0 Å². The van der Waals surface area contributed by atoms with Gasteiger partial charge in [0.15, 0.2) is 0 Å². The van der Waals surface area contributed by atoms with Gasteiger partial charge in [-0.05, 0) is 66.2 Å². The number of nitrogens with one attached hydrogen (secondary N) is 3. The number of rotatable bonds is 6. The second-order valence-corrected chi connectivity index (χ2v) is 9.07. The predicted octanol–water partition coefficient (Wildman–Crippen LogP) is 3.94. The number of amides is 1. The van der Waals surface area contributed by atoms with Crippen LogP contribution in [-0.4, -0.2) is 46.5 Å². The van der Waals surface area contributed by atoms with Gasteiger partial charge in [0.25, 0.3) is 5.91 Å². The number of carbonyl (C=O) groups is 1. The molecule has 0 radical (unpaired) electrons. The fourth-order valence-corrected chi connectivity index (χ4v) is 4.71. The zero-order chi connectivity index (χ0) is 20.5. The van der Waals surface area contributed by atoms with Crippen LogP contribution >= 0.6 is 15.9 Å². The molecule has 1 atom stereocenters. The zero-order valence-electron chi connectivity index (χ0n) is 16.7. The smallest absolute Gasteiger partial charge is 0.257 e. The minimum Gasteiger partial charge on any atom is -0.368 e. The fraction of sp³-hybridized carbons (Fsp3) is 0.409. The number of carbonyl (C=O) groups excluding carboxylic acids is 1. The molecule has 1 aliphatic heterocycles. The Morgan fingerprint density at radius 3 is 3.00 bits per heavy atom. The maximum absolute atomic E-state index is 12.7. The summed E-state index contributed by atoms with van der Waals surface area (Å²) in [4.78, 5) is 26.9. The standard InChI is InChI=1S/C22H25BrN6O/c23-17-11-26-21-19(18(12-27-21)28-22(30)15-3-1-7-24-10-15)20(17)29-8-2-4-16(13-29)25-9-14-5-6-14/h1,3,7,10-12,14,16,25H,2,4-6,8-9,13H2,(H,26,27)(H,28,30)/t16-/m1/s1. The molecule has 3 aromatic heterocycles. The van der Waals surface area contributed by atoms with Gasteiger partial charge in [0, 0.05) is 43.9 Å². The van der Waals surface area contributed by atoms with Crippen molar-refractivity contribution >= 4 is 44.2 Å². The highest BCUT2D eigenvalue weighted by molar-refractivity contribution is 9.10.